The van der Waals surface area contributed by atoms with E-state index in [2.05, 4.69) is 0 Å². The first kappa shape index (κ1) is 18.1. The van der Waals surface area contributed by atoms with Crippen LogP contribution in [0.25, 0.3) is 0 Å². The molecule has 0 radical (unpaired) electrons. The Kier molecular flexibility index (Phi) is 4.80. The summed E-state index contributed by atoms with van der Waals surface area (Å²) in [4.78, 5) is 28.2. The summed E-state index contributed by atoms with van der Waals surface area (Å²) < 4.78 is 23.1. The zero-order valence-electron chi connectivity index (χ0n) is 14.3. The Morgan fingerprint density at radius 2 is 1.77 bits per heavy atom. The third-order valence-corrected chi connectivity index (χ3v) is 5.25. The summed E-state index contributed by atoms with van der Waals surface area (Å²) in [6.07, 6.45) is 0. The number of para-hydroxylation sites is 1. The second kappa shape index (κ2) is 6.89. The summed E-state index contributed by atoms with van der Waals surface area (Å²) in [7, 11) is -3.91. The number of primary sulfonamides is 1. The summed E-state index contributed by atoms with van der Waals surface area (Å²) in [5.41, 5.74) is 1.65. The van der Waals surface area contributed by atoms with Crippen LogP contribution in [0.15, 0.2) is 53.4 Å². The summed E-state index contributed by atoms with van der Waals surface area (Å²) >= 11 is 0. The van der Waals surface area contributed by atoms with E-state index in [-0.39, 0.29) is 28.8 Å². The molecule has 1 aliphatic rings. The summed E-state index contributed by atoms with van der Waals surface area (Å²) in [5.74, 6) is -0.565. The predicted molar refractivity (Wildman–Crippen MR) is 97.3 cm³/mol. The molecule has 2 aromatic carbocycles. The molecule has 2 N–H and O–H groups in total. The number of benzene rings is 2. The van der Waals surface area contributed by atoms with E-state index in [1.807, 2.05) is 30.3 Å². The molecule has 0 aromatic heterocycles. The maximum atomic E-state index is 12.8. The molecule has 1 fully saturated rings. The number of carbonyl (C=O) groups is 2. The van der Waals surface area contributed by atoms with Gasteiger partial charge in [-0.25, -0.2) is 13.6 Å². The number of nitrogens with two attached hydrogens (primary N) is 1. The molecule has 26 heavy (non-hydrogen) atoms. The van der Waals surface area contributed by atoms with Gasteiger partial charge in [-0.15, -0.1) is 0 Å². The number of piperazine rings is 1. The number of nitrogens with zero attached hydrogens (tertiary/aromatic N) is 2. The standard InChI is InChI=1S/C18H19N3O4S/c1-13-7-8-15(26(19,24)25)11-16(13)18(23)20-9-10-21(17(22)12-20)14-5-3-2-4-6-14/h2-8,11H,9-10,12H2,1H3,(H2,19,24,25). The summed E-state index contributed by atoms with van der Waals surface area (Å²) in [6, 6.07) is 13.4. The van der Waals surface area contributed by atoms with Crippen molar-refractivity contribution < 1.29 is 18.0 Å². The average Bonchev–Trinajstić information content (AvgIpc) is 2.61. The topological polar surface area (TPSA) is 101 Å². The van der Waals surface area contributed by atoms with Crippen molar-refractivity contribution >= 4 is 27.5 Å². The highest BCUT2D eigenvalue weighted by atomic mass is 32.2. The Labute approximate surface area is 152 Å². The van der Waals surface area contributed by atoms with Gasteiger partial charge in [0.1, 0.15) is 6.54 Å². The molecule has 1 heterocycles. The Morgan fingerprint density at radius 1 is 1.08 bits per heavy atom. The van der Waals surface area contributed by atoms with Crippen LogP contribution in [0.5, 0.6) is 0 Å². The largest absolute Gasteiger partial charge is 0.328 e. The highest BCUT2D eigenvalue weighted by Crippen LogP contribution is 2.20. The minimum atomic E-state index is -3.91. The Hall–Kier alpha value is -2.71. The molecule has 0 spiro atoms. The number of rotatable bonds is 3. The van der Waals surface area contributed by atoms with E-state index < -0.39 is 10.0 Å². The van der Waals surface area contributed by atoms with Crippen molar-refractivity contribution in [1.82, 2.24) is 4.90 Å². The SMILES string of the molecule is Cc1ccc(S(N)(=O)=O)cc1C(=O)N1CCN(c2ccccc2)C(=O)C1. The molecule has 3 rings (SSSR count). The lowest BCUT2D eigenvalue weighted by Gasteiger charge is -2.34. The van der Waals surface area contributed by atoms with Gasteiger partial charge in [-0.05, 0) is 36.8 Å². The zero-order valence-corrected chi connectivity index (χ0v) is 15.1. The van der Waals surface area contributed by atoms with Gasteiger partial charge < -0.3 is 9.80 Å². The van der Waals surface area contributed by atoms with E-state index in [0.717, 1.165) is 5.69 Å². The molecule has 136 valence electrons. The quantitative estimate of drug-likeness (QED) is 0.871. The second-order valence-electron chi connectivity index (χ2n) is 6.13. The fourth-order valence-corrected chi connectivity index (χ4v) is 3.45. The van der Waals surface area contributed by atoms with Crippen molar-refractivity contribution in [1.29, 1.82) is 0 Å². The highest BCUT2D eigenvalue weighted by Gasteiger charge is 2.29. The zero-order chi connectivity index (χ0) is 18.9. The molecular formula is C18H19N3O4S. The molecule has 2 amide bonds. The van der Waals surface area contributed by atoms with E-state index in [1.54, 1.807) is 11.8 Å². The Balaban J connectivity index is 1.81. The molecule has 8 heteroatoms. The van der Waals surface area contributed by atoms with Gasteiger partial charge in [0, 0.05) is 24.3 Å². The van der Waals surface area contributed by atoms with Gasteiger partial charge in [-0.1, -0.05) is 24.3 Å². The number of hydrogen-bond acceptors (Lipinski definition) is 4. The molecule has 1 aliphatic heterocycles. The lowest BCUT2D eigenvalue weighted by Crippen LogP contribution is -2.52. The smallest absolute Gasteiger partial charge is 0.254 e. The van der Waals surface area contributed by atoms with Gasteiger partial charge in [0.15, 0.2) is 0 Å². The number of anilines is 1. The monoisotopic (exact) mass is 373 g/mol. The van der Waals surface area contributed by atoms with Crippen molar-refractivity contribution in [3.05, 3.63) is 59.7 Å². The molecule has 0 saturated carbocycles. The van der Waals surface area contributed by atoms with E-state index in [0.29, 0.717) is 18.7 Å². The molecule has 0 bridgehead atoms. The lowest BCUT2D eigenvalue weighted by atomic mass is 10.1. The van der Waals surface area contributed by atoms with Crippen LogP contribution in [0.2, 0.25) is 0 Å². The molecule has 7 nitrogen and oxygen atoms in total. The molecule has 0 unspecified atom stereocenters. The fraction of sp³-hybridized carbons (Fsp3) is 0.222. The Morgan fingerprint density at radius 3 is 2.38 bits per heavy atom. The first-order valence-corrected chi connectivity index (χ1v) is 9.60. The maximum absolute atomic E-state index is 12.8. The third-order valence-electron chi connectivity index (χ3n) is 4.34. The van der Waals surface area contributed by atoms with Crippen LogP contribution in [0.3, 0.4) is 0 Å². The first-order chi connectivity index (χ1) is 12.3. The van der Waals surface area contributed by atoms with Crippen LogP contribution >= 0.6 is 0 Å². The first-order valence-electron chi connectivity index (χ1n) is 8.05. The maximum Gasteiger partial charge on any atom is 0.254 e. The van der Waals surface area contributed by atoms with Gasteiger partial charge in [-0.2, -0.15) is 0 Å². The molecule has 0 aliphatic carbocycles. The van der Waals surface area contributed by atoms with Gasteiger partial charge in [0.05, 0.1) is 4.90 Å². The number of sulfonamides is 1. The minimum Gasteiger partial charge on any atom is -0.328 e. The number of amides is 2. The Bertz CT molecular complexity index is 958. The van der Waals surface area contributed by atoms with Crippen molar-refractivity contribution in [3.63, 3.8) is 0 Å². The van der Waals surface area contributed by atoms with Crippen LogP contribution in [0.1, 0.15) is 15.9 Å². The van der Waals surface area contributed by atoms with Crippen molar-refractivity contribution in [2.24, 2.45) is 5.14 Å². The normalized spacial score (nSPS) is 15.2. The van der Waals surface area contributed by atoms with Crippen molar-refractivity contribution in [3.8, 4) is 0 Å². The van der Waals surface area contributed by atoms with E-state index in [1.165, 1.54) is 23.1 Å². The summed E-state index contributed by atoms with van der Waals surface area (Å²) in [5, 5.41) is 5.15. The molecule has 2 aromatic rings. The number of hydrogen-bond donors (Lipinski definition) is 1. The number of carbonyl (C=O) groups excluding carboxylic acids is 2. The van der Waals surface area contributed by atoms with Crippen LogP contribution in [0.4, 0.5) is 5.69 Å². The average molecular weight is 373 g/mol. The van der Waals surface area contributed by atoms with Gasteiger partial charge in [0.25, 0.3) is 5.91 Å². The molecule has 0 atom stereocenters. The van der Waals surface area contributed by atoms with Crippen molar-refractivity contribution in [2.45, 2.75) is 11.8 Å². The van der Waals surface area contributed by atoms with E-state index in [9.17, 15) is 18.0 Å². The molecule has 1 saturated heterocycles. The van der Waals surface area contributed by atoms with Crippen LogP contribution < -0.4 is 10.0 Å². The second-order valence-corrected chi connectivity index (χ2v) is 7.69. The lowest BCUT2D eigenvalue weighted by molar-refractivity contribution is -0.120. The van der Waals surface area contributed by atoms with E-state index >= 15 is 0 Å². The fourth-order valence-electron chi connectivity index (χ4n) is 2.91. The van der Waals surface area contributed by atoms with Gasteiger partial charge in [-0.3, -0.25) is 9.59 Å². The summed E-state index contributed by atoms with van der Waals surface area (Å²) in [6.45, 7) is 2.38. The highest BCUT2D eigenvalue weighted by molar-refractivity contribution is 7.89. The van der Waals surface area contributed by atoms with Crippen LogP contribution in [-0.4, -0.2) is 44.8 Å². The van der Waals surface area contributed by atoms with Gasteiger partial charge in [0.2, 0.25) is 15.9 Å². The van der Waals surface area contributed by atoms with Crippen LogP contribution in [0, 0.1) is 6.92 Å². The number of aryl methyl sites for hydroxylation is 1. The molecular weight excluding hydrogens is 354 g/mol. The van der Waals surface area contributed by atoms with Gasteiger partial charge >= 0.3 is 0 Å². The third kappa shape index (κ3) is 3.61. The van der Waals surface area contributed by atoms with E-state index in [4.69, 9.17) is 5.14 Å². The minimum absolute atomic E-state index is 0.0627. The van der Waals surface area contributed by atoms with Crippen molar-refractivity contribution in [2.75, 3.05) is 24.5 Å². The predicted octanol–water partition coefficient (Wildman–Crippen LogP) is 1.13. The van der Waals surface area contributed by atoms with Crippen LogP contribution in [-0.2, 0) is 14.8 Å².